The predicted octanol–water partition coefficient (Wildman–Crippen LogP) is 3.69. The van der Waals surface area contributed by atoms with Gasteiger partial charge in [-0.3, -0.25) is 9.89 Å². The smallest absolute Gasteiger partial charge is 0.233 e. The summed E-state index contributed by atoms with van der Waals surface area (Å²) in [5.41, 5.74) is 0. The predicted molar refractivity (Wildman–Crippen MR) is 100 cm³/mol. The van der Waals surface area contributed by atoms with Crippen molar-refractivity contribution < 1.29 is 9.21 Å². The molecular weight excluding hydrogens is 356 g/mol. The lowest BCUT2D eigenvalue weighted by Crippen LogP contribution is -2.27. The fraction of sp³-hybridized carbons (Fsp3) is 0.235. The quantitative estimate of drug-likeness (QED) is 0.639. The van der Waals surface area contributed by atoms with Crippen LogP contribution in [0, 0.1) is 6.92 Å². The van der Waals surface area contributed by atoms with Crippen molar-refractivity contribution in [2.75, 3.05) is 12.8 Å². The van der Waals surface area contributed by atoms with Gasteiger partial charge in [0.2, 0.25) is 11.1 Å². The molecule has 8 heteroatoms. The number of rotatable bonds is 7. The minimum absolute atomic E-state index is 0.0475. The van der Waals surface area contributed by atoms with Crippen molar-refractivity contribution in [1.29, 1.82) is 0 Å². The third-order valence-electron chi connectivity index (χ3n) is 3.37. The second kappa shape index (κ2) is 8.17. The molecule has 0 unspecified atom stereocenters. The molecule has 130 valence electrons. The highest BCUT2D eigenvalue weighted by molar-refractivity contribution is 7.99. The fourth-order valence-electron chi connectivity index (χ4n) is 2.06. The molecule has 0 bridgehead atoms. The van der Waals surface area contributed by atoms with E-state index in [4.69, 9.17) is 4.42 Å². The van der Waals surface area contributed by atoms with E-state index in [1.807, 2.05) is 42.6 Å². The van der Waals surface area contributed by atoms with Gasteiger partial charge < -0.3 is 9.32 Å². The first kappa shape index (κ1) is 17.5. The van der Waals surface area contributed by atoms with Gasteiger partial charge in [-0.15, -0.1) is 16.4 Å². The van der Waals surface area contributed by atoms with Crippen LogP contribution in [0.1, 0.15) is 22.2 Å². The van der Waals surface area contributed by atoms with E-state index in [0.717, 1.165) is 11.5 Å². The molecule has 0 aliphatic rings. The molecule has 0 aliphatic heterocycles. The number of nitrogens with one attached hydrogen (secondary N) is 1. The van der Waals surface area contributed by atoms with Crippen molar-refractivity contribution in [2.45, 2.75) is 18.6 Å². The van der Waals surface area contributed by atoms with Crippen LogP contribution in [0.3, 0.4) is 0 Å². The lowest BCUT2D eigenvalue weighted by Gasteiger charge is -2.15. The highest BCUT2D eigenvalue weighted by atomic mass is 32.2. The zero-order valence-corrected chi connectivity index (χ0v) is 15.6. The number of aromatic amines is 1. The molecular formula is C17H18N4O2S2. The number of hydrogen-bond donors (Lipinski definition) is 1. The van der Waals surface area contributed by atoms with Crippen molar-refractivity contribution in [3.63, 3.8) is 0 Å². The van der Waals surface area contributed by atoms with Crippen molar-refractivity contribution in [2.24, 2.45) is 0 Å². The lowest BCUT2D eigenvalue weighted by molar-refractivity contribution is -0.127. The van der Waals surface area contributed by atoms with E-state index in [1.165, 1.54) is 16.6 Å². The first-order valence-corrected chi connectivity index (χ1v) is 9.53. The average Bonchev–Trinajstić information content (AvgIpc) is 3.33. The van der Waals surface area contributed by atoms with Gasteiger partial charge >= 0.3 is 0 Å². The van der Waals surface area contributed by atoms with Crippen LogP contribution in [0.2, 0.25) is 0 Å². The normalized spacial score (nSPS) is 11.3. The maximum atomic E-state index is 12.2. The molecule has 3 aromatic rings. The molecule has 1 amide bonds. The number of amides is 1. The molecule has 25 heavy (non-hydrogen) atoms. The topological polar surface area (TPSA) is 75.0 Å². The lowest BCUT2D eigenvalue weighted by atomic mass is 10.4. The second-order valence-corrected chi connectivity index (χ2v) is 7.38. The number of aryl methyl sites for hydroxylation is 1. The molecule has 0 aliphatic carbocycles. The van der Waals surface area contributed by atoms with Gasteiger partial charge in [0.25, 0.3) is 0 Å². The fourth-order valence-corrected chi connectivity index (χ4v) is 3.57. The Morgan fingerprint density at radius 2 is 2.28 bits per heavy atom. The van der Waals surface area contributed by atoms with Gasteiger partial charge in [0.05, 0.1) is 12.3 Å². The van der Waals surface area contributed by atoms with Gasteiger partial charge in [0.15, 0.2) is 0 Å². The Morgan fingerprint density at radius 3 is 3.00 bits per heavy atom. The average molecular weight is 374 g/mol. The van der Waals surface area contributed by atoms with E-state index in [2.05, 4.69) is 15.2 Å². The number of carbonyl (C=O) groups is 1. The van der Waals surface area contributed by atoms with Crippen LogP contribution < -0.4 is 0 Å². The maximum absolute atomic E-state index is 12.2. The molecule has 3 aromatic heterocycles. The highest BCUT2D eigenvalue weighted by Gasteiger charge is 2.12. The van der Waals surface area contributed by atoms with E-state index in [0.29, 0.717) is 23.3 Å². The second-order valence-electron chi connectivity index (χ2n) is 5.40. The minimum atomic E-state index is 0.0475. The van der Waals surface area contributed by atoms with Gasteiger partial charge in [-0.2, -0.15) is 0 Å². The Balaban J connectivity index is 1.49. The van der Waals surface area contributed by atoms with Crippen LogP contribution in [0.25, 0.3) is 12.2 Å². The largest absolute Gasteiger partial charge is 0.462 e. The summed E-state index contributed by atoms with van der Waals surface area (Å²) in [7, 11) is 1.81. The summed E-state index contributed by atoms with van der Waals surface area (Å²) in [5, 5.41) is 9.51. The van der Waals surface area contributed by atoms with E-state index in [1.54, 1.807) is 29.4 Å². The number of furan rings is 1. The monoisotopic (exact) mass is 374 g/mol. The molecule has 0 saturated heterocycles. The van der Waals surface area contributed by atoms with Gasteiger partial charge in [0.1, 0.15) is 17.3 Å². The number of H-pyrrole nitrogens is 1. The summed E-state index contributed by atoms with van der Waals surface area (Å²) in [6, 6.07) is 7.80. The van der Waals surface area contributed by atoms with Crippen LogP contribution in [-0.2, 0) is 11.3 Å². The van der Waals surface area contributed by atoms with E-state index in [9.17, 15) is 4.79 Å². The Kier molecular flexibility index (Phi) is 5.72. The first-order valence-electron chi connectivity index (χ1n) is 7.66. The number of thioether (sulfide) groups is 1. The Morgan fingerprint density at radius 1 is 1.40 bits per heavy atom. The number of carbonyl (C=O) groups excluding carboxylic acids is 1. The van der Waals surface area contributed by atoms with Crippen molar-refractivity contribution >= 4 is 41.2 Å². The summed E-state index contributed by atoms with van der Waals surface area (Å²) in [5.74, 6) is 2.59. The molecule has 0 aromatic carbocycles. The first-order chi connectivity index (χ1) is 12.1. The van der Waals surface area contributed by atoms with E-state index in [-0.39, 0.29) is 5.91 Å². The zero-order valence-electron chi connectivity index (χ0n) is 13.9. The number of aromatic nitrogens is 3. The zero-order chi connectivity index (χ0) is 17.6. The Hall–Kier alpha value is -2.32. The standard InChI is InChI=1S/C17H18N4O2S2/c1-12-5-6-13(23-12)7-8-15-18-17(20-19-15)25-11-16(22)21(2)10-14-4-3-9-24-14/h3-9H,10-11H2,1-2H3,(H,18,19,20)/b8-7+. The van der Waals surface area contributed by atoms with Crippen LogP contribution in [0.15, 0.2) is 39.2 Å². The van der Waals surface area contributed by atoms with Crippen molar-refractivity contribution in [3.8, 4) is 0 Å². The van der Waals surface area contributed by atoms with Gasteiger partial charge in [-0.05, 0) is 42.7 Å². The number of hydrogen-bond acceptors (Lipinski definition) is 6. The molecule has 0 radical (unpaired) electrons. The van der Waals surface area contributed by atoms with Crippen molar-refractivity contribution in [3.05, 3.63) is 51.9 Å². The van der Waals surface area contributed by atoms with Gasteiger partial charge in [-0.25, -0.2) is 4.98 Å². The molecule has 1 N–H and O–H groups in total. The molecule has 3 heterocycles. The summed E-state index contributed by atoms with van der Waals surface area (Å²) in [6.07, 6.45) is 3.61. The molecule has 0 saturated carbocycles. The van der Waals surface area contributed by atoms with Crippen molar-refractivity contribution in [1.82, 2.24) is 20.1 Å². The molecule has 0 atom stereocenters. The van der Waals surface area contributed by atoms with Crippen LogP contribution in [0.5, 0.6) is 0 Å². The highest BCUT2D eigenvalue weighted by Crippen LogP contribution is 2.16. The van der Waals surface area contributed by atoms with E-state index < -0.39 is 0 Å². The molecule has 0 fully saturated rings. The summed E-state index contributed by atoms with van der Waals surface area (Å²) in [4.78, 5) is 19.4. The Bertz CT molecular complexity index is 852. The van der Waals surface area contributed by atoms with Crippen LogP contribution in [-0.4, -0.2) is 38.8 Å². The van der Waals surface area contributed by atoms with Gasteiger partial charge in [-0.1, -0.05) is 17.8 Å². The number of thiophene rings is 1. The van der Waals surface area contributed by atoms with E-state index >= 15 is 0 Å². The number of nitrogens with zero attached hydrogens (tertiary/aromatic N) is 3. The SMILES string of the molecule is Cc1ccc(/C=C/c2nc(SCC(=O)N(C)Cc3cccs3)n[nH]2)o1. The van der Waals surface area contributed by atoms with Crippen LogP contribution >= 0.6 is 23.1 Å². The summed E-state index contributed by atoms with van der Waals surface area (Å²) < 4.78 is 5.46. The third kappa shape index (κ3) is 5.07. The summed E-state index contributed by atoms with van der Waals surface area (Å²) >= 11 is 2.96. The summed E-state index contributed by atoms with van der Waals surface area (Å²) in [6.45, 7) is 2.52. The molecule has 3 rings (SSSR count). The van der Waals surface area contributed by atoms with Crippen LogP contribution in [0.4, 0.5) is 0 Å². The maximum Gasteiger partial charge on any atom is 0.233 e. The minimum Gasteiger partial charge on any atom is -0.462 e. The molecule has 0 spiro atoms. The third-order valence-corrected chi connectivity index (χ3v) is 5.07. The van der Waals surface area contributed by atoms with Gasteiger partial charge in [0, 0.05) is 11.9 Å². The molecule has 6 nitrogen and oxygen atoms in total. The Labute approximate surface area is 154 Å².